The lowest BCUT2D eigenvalue weighted by Crippen LogP contribution is -1.91. The van der Waals surface area contributed by atoms with Crippen LogP contribution in [-0.4, -0.2) is 25.7 Å². The van der Waals surface area contributed by atoms with Crippen LogP contribution in [0.5, 0.6) is 5.75 Å². The first kappa shape index (κ1) is 12.9. The number of carbonyl (C=O) groups excluding carboxylic acids is 1. The number of phenols is 1. The summed E-state index contributed by atoms with van der Waals surface area (Å²) in [5, 5.41) is 12.4. The van der Waals surface area contributed by atoms with Crippen LogP contribution in [0.1, 0.15) is 5.56 Å². The predicted molar refractivity (Wildman–Crippen MR) is 64.1 cm³/mol. The molecule has 0 fully saturated rings. The van der Waals surface area contributed by atoms with E-state index in [0.717, 1.165) is 11.3 Å². The second-order valence-corrected chi connectivity index (χ2v) is 2.51. The fourth-order valence-corrected chi connectivity index (χ4v) is 1.19. The van der Waals surface area contributed by atoms with Crippen LogP contribution in [0.25, 0.3) is 6.08 Å². The molecule has 2 N–H and O–H groups in total. The third-order valence-corrected chi connectivity index (χ3v) is 1.83. The SMILES string of the molecule is C=Cc1c(NC)ccc(O)c1N=C.C=O. The summed E-state index contributed by atoms with van der Waals surface area (Å²) in [5.74, 6) is 0.115. The molecule has 4 nitrogen and oxygen atoms in total. The Morgan fingerprint density at radius 1 is 1.47 bits per heavy atom. The Kier molecular flexibility index (Phi) is 5.48. The molecule has 0 amide bonds. The first-order valence-corrected chi connectivity index (χ1v) is 4.16. The highest BCUT2D eigenvalue weighted by Gasteiger charge is 2.07. The number of aliphatic imine (C=N–C) groups is 1. The van der Waals surface area contributed by atoms with Gasteiger partial charge in [0.25, 0.3) is 0 Å². The van der Waals surface area contributed by atoms with E-state index in [-0.39, 0.29) is 5.75 Å². The van der Waals surface area contributed by atoms with Gasteiger partial charge in [-0.05, 0) is 18.9 Å². The fraction of sp³-hybridized carbons (Fsp3) is 0.0909. The van der Waals surface area contributed by atoms with E-state index in [0.29, 0.717) is 5.69 Å². The van der Waals surface area contributed by atoms with Crippen molar-refractivity contribution in [2.45, 2.75) is 0 Å². The molecule has 15 heavy (non-hydrogen) atoms. The van der Waals surface area contributed by atoms with Crippen molar-refractivity contribution in [1.82, 2.24) is 0 Å². The Morgan fingerprint density at radius 3 is 2.47 bits per heavy atom. The van der Waals surface area contributed by atoms with E-state index in [4.69, 9.17) is 4.79 Å². The molecule has 0 atom stereocenters. The lowest BCUT2D eigenvalue weighted by atomic mass is 10.1. The second kappa shape index (κ2) is 6.37. The second-order valence-electron chi connectivity index (χ2n) is 2.51. The Labute approximate surface area is 89.0 Å². The van der Waals surface area contributed by atoms with E-state index >= 15 is 0 Å². The van der Waals surface area contributed by atoms with Gasteiger partial charge in [0.1, 0.15) is 18.2 Å². The Bertz CT molecular complexity index is 362. The lowest BCUT2D eigenvalue weighted by Gasteiger charge is -2.09. The Balaban J connectivity index is 0.000000921. The number of anilines is 1. The normalized spacial score (nSPS) is 8.33. The van der Waals surface area contributed by atoms with Crippen molar-refractivity contribution in [3.8, 4) is 5.75 Å². The van der Waals surface area contributed by atoms with Gasteiger partial charge >= 0.3 is 0 Å². The first-order valence-electron chi connectivity index (χ1n) is 4.16. The van der Waals surface area contributed by atoms with Gasteiger partial charge < -0.3 is 15.2 Å². The number of carbonyl (C=O) groups is 1. The van der Waals surface area contributed by atoms with E-state index in [1.165, 1.54) is 0 Å². The van der Waals surface area contributed by atoms with Crippen molar-refractivity contribution >= 4 is 31.0 Å². The third-order valence-electron chi connectivity index (χ3n) is 1.83. The summed E-state index contributed by atoms with van der Waals surface area (Å²) in [6, 6.07) is 3.34. The van der Waals surface area contributed by atoms with Crippen molar-refractivity contribution in [3.05, 3.63) is 24.3 Å². The quantitative estimate of drug-likeness (QED) is 0.588. The summed E-state index contributed by atoms with van der Waals surface area (Å²) in [5.41, 5.74) is 2.09. The maximum atomic E-state index is 9.43. The number of hydrogen-bond donors (Lipinski definition) is 2. The van der Waals surface area contributed by atoms with Gasteiger partial charge in [-0.15, -0.1) is 0 Å². The van der Waals surface area contributed by atoms with Crippen molar-refractivity contribution in [2.75, 3.05) is 12.4 Å². The fourth-order valence-electron chi connectivity index (χ4n) is 1.19. The largest absolute Gasteiger partial charge is 0.506 e. The maximum Gasteiger partial charge on any atom is 0.141 e. The predicted octanol–water partition coefficient (Wildman–Crippen LogP) is 2.22. The molecule has 0 saturated carbocycles. The number of nitrogens with zero attached hydrogens (tertiary/aromatic N) is 1. The van der Waals surface area contributed by atoms with Crippen molar-refractivity contribution in [3.63, 3.8) is 0 Å². The van der Waals surface area contributed by atoms with Crippen molar-refractivity contribution < 1.29 is 9.90 Å². The summed E-state index contributed by atoms with van der Waals surface area (Å²) in [4.78, 5) is 11.7. The molecule has 0 radical (unpaired) electrons. The molecule has 4 heteroatoms. The van der Waals surface area contributed by atoms with Crippen LogP contribution < -0.4 is 5.32 Å². The van der Waals surface area contributed by atoms with E-state index in [1.54, 1.807) is 25.3 Å². The monoisotopic (exact) mass is 206 g/mol. The minimum Gasteiger partial charge on any atom is -0.506 e. The molecule has 0 heterocycles. The number of hydrogen-bond acceptors (Lipinski definition) is 4. The third kappa shape index (κ3) is 2.67. The minimum atomic E-state index is 0.115. The van der Waals surface area contributed by atoms with E-state index in [1.807, 2.05) is 6.79 Å². The number of phenolic OH excluding ortho intramolecular Hbond substituents is 1. The van der Waals surface area contributed by atoms with Crippen LogP contribution in [0.4, 0.5) is 11.4 Å². The zero-order valence-corrected chi connectivity index (χ0v) is 8.66. The topological polar surface area (TPSA) is 61.7 Å². The number of nitrogens with one attached hydrogen (secondary N) is 1. The van der Waals surface area contributed by atoms with E-state index < -0.39 is 0 Å². The average molecular weight is 206 g/mol. The van der Waals surface area contributed by atoms with Gasteiger partial charge in [0.15, 0.2) is 0 Å². The number of aromatic hydroxyl groups is 1. The zero-order valence-electron chi connectivity index (χ0n) is 8.66. The highest BCUT2D eigenvalue weighted by Crippen LogP contribution is 2.35. The summed E-state index contributed by atoms with van der Waals surface area (Å²) in [6.45, 7) is 9.04. The highest BCUT2D eigenvalue weighted by molar-refractivity contribution is 5.80. The lowest BCUT2D eigenvalue weighted by molar-refractivity contribution is -0.0979. The molecule has 1 rings (SSSR count). The molecule has 0 spiro atoms. The summed E-state index contributed by atoms with van der Waals surface area (Å²) < 4.78 is 0. The Morgan fingerprint density at radius 2 is 2.07 bits per heavy atom. The number of rotatable bonds is 3. The number of benzene rings is 1. The maximum absolute atomic E-state index is 9.43. The van der Waals surface area contributed by atoms with E-state index in [9.17, 15) is 5.11 Å². The summed E-state index contributed by atoms with van der Waals surface area (Å²) in [6.07, 6.45) is 1.63. The summed E-state index contributed by atoms with van der Waals surface area (Å²) in [7, 11) is 1.80. The van der Waals surface area contributed by atoms with Crippen LogP contribution in [0.2, 0.25) is 0 Å². The molecular formula is C11H14N2O2. The van der Waals surface area contributed by atoms with Crippen LogP contribution in [0.3, 0.4) is 0 Å². The smallest absolute Gasteiger partial charge is 0.141 e. The molecule has 0 aromatic heterocycles. The van der Waals surface area contributed by atoms with Gasteiger partial charge in [0.05, 0.1) is 0 Å². The highest BCUT2D eigenvalue weighted by atomic mass is 16.3. The molecule has 0 unspecified atom stereocenters. The molecule has 0 saturated heterocycles. The van der Waals surface area contributed by atoms with Crippen LogP contribution in [0.15, 0.2) is 23.7 Å². The zero-order chi connectivity index (χ0) is 11.8. The van der Waals surface area contributed by atoms with Crippen molar-refractivity contribution in [2.24, 2.45) is 4.99 Å². The van der Waals surface area contributed by atoms with Gasteiger partial charge in [-0.1, -0.05) is 12.7 Å². The van der Waals surface area contributed by atoms with Crippen LogP contribution >= 0.6 is 0 Å². The minimum absolute atomic E-state index is 0.115. The summed E-state index contributed by atoms with van der Waals surface area (Å²) >= 11 is 0. The van der Waals surface area contributed by atoms with Crippen LogP contribution in [0, 0.1) is 0 Å². The van der Waals surface area contributed by atoms with E-state index in [2.05, 4.69) is 23.6 Å². The Hall–Kier alpha value is -2.10. The van der Waals surface area contributed by atoms with Gasteiger partial charge in [0.2, 0.25) is 0 Å². The molecule has 0 aliphatic carbocycles. The molecular weight excluding hydrogens is 192 g/mol. The molecule has 80 valence electrons. The van der Waals surface area contributed by atoms with Gasteiger partial charge in [-0.3, -0.25) is 4.99 Å². The average Bonchev–Trinajstić information content (AvgIpc) is 2.31. The molecule has 0 bridgehead atoms. The van der Waals surface area contributed by atoms with Gasteiger partial charge in [0, 0.05) is 18.3 Å². The first-order chi connectivity index (χ1) is 7.24. The molecule has 1 aromatic rings. The van der Waals surface area contributed by atoms with Gasteiger partial charge in [-0.25, -0.2) is 0 Å². The van der Waals surface area contributed by atoms with Crippen molar-refractivity contribution in [1.29, 1.82) is 0 Å². The standard InChI is InChI=1S/C10H12N2O.CH2O/c1-4-7-8(11-2)5-6-9(13)10(7)12-3;1-2/h4-6,11,13H,1,3H2,2H3;1H2. The van der Waals surface area contributed by atoms with Crippen LogP contribution in [-0.2, 0) is 4.79 Å². The molecule has 1 aromatic carbocycles. The van der Waals surface area contributed by atoms with Gasteiger partial charge in [-0.2, -0.15) is 0 Å². The molecule has 0 aliphatic heterocycles. The molecule has 0 aliphatic rings.